The normalized spacial score (nSPS) is 23.2. The molecule has 2 aliphatic heterocycles. The number of carbonyl (C=O) groups excluding carboxylic acids is 2. The van der Waals surface area contributed by atoms with Gasteiger partial charge in [0, 0.05) is 37.7 Å². The average Bonchev–Trinajstić information content (AvgIpc) is 3.05. The van der Waals surface area contributed by atoms with E-state index in [2.05, 4.69) is 0 Å². The first kappa shape index (κ1) is 18.7. The van der Waals surface area contributed by atoms with Gasteiger partial charge in [-0.2, -0.15) is 0 Å². The molecule has 1 spiro atoms. The van der Waals surface area contributed by atoms with E-state index in [1.54, 1.807) is 17.0 Å². The summed E-state index contributed by atoms with van der Waals surface area (Å²) in [6.07, 6.45) is 2.37. The molecule has 0 aliphatic carbocycles. The summed E-state index contributed by atoms with van der Waals surface area (Å²) in [4.78, 5) is 29.1. The molecule has 2 heterocycles. The lowest BCUT2D eigenvalue weighted by atomic mass is 9.78. The number of likely N-dealkylation sites (tertiary alicyclic amines) is 2. The third-order valence-electron chi connectivity index (χ3n) is 5.60. The topological polar surface area (TPSA) is 49.9 Å². The number of carbonyl (C=O) groups is 2. The van der Waals surface area contributed by atoms with E-state index in [0.29, 0.717) is 37.4 Å². The summed E-state index contributed by atoms with van der Waals surface area (Å²) in [5, 5.41) is 0. The summed E-state index contributed by atoms with van der Waals surface area (Å²) in [5.74, 6) is 0.331. The van der Waals surface area contributed by atoms with Gasteiger partial charge in [-0.1, -0.05) is 13.8 Å². The Morgan fingerprint density at radius 1 is 1.31 bits per heavy atom. The summed E-state index contributed by atoms with van der Waals surface area (Å²) < 4.78 is 19.3. The summed E-state index contributed by atoms with van der Waals surface area (Å²) >= 11 is 0. The molecule has 0 radical (unpaired) electrons. The third kappa shape index (κ3) is 3.41. The summed E-state index contributed by atoms with van der Waals surface area (Å²) in [5.41, 5.74) is -0.0409. The Morgan fingerprint density at radius 2 is 2.08 bits per heavy atom. The minimum Gasteiger partial charge on any atom is -0.497 e. The van der Waals surface area contributed by atoms with E-state index in [4.69, 9.17) is 4.74 Å². The lowest BCUT2D eigenvalue weighted by Gasteiger charge is -2.39. The molecule has 1 aromatic carbocycles. The van der Waals surface area contributed by atoms with Gasteiger partial charge in [-0.3, -0.25) is 9.59 Å². The third-order valence-corrected chi connectivity index (χ3v) is 5.60. The van der Waals surface area contributed by atoms with Crippen molar-refractivity contribution in [3.63, 3.8) is 0 Å². The monoisotopic (exact) mass is 362 g/mol. The number of piperidine rings is 1. The van der Waals surface area contributed by atoms with Crippen LogP contribution in [-0.2, 0) is 16.1 Å². The molecule has 3 rings (SSSR count). The largest absolute Gasteiger partial charge is 0.497 e. The highest BCUT2D eigenvalue weighted by Crippen LogP contribution is 2.41. The van der Waals surface area contributed by atoms with E-state index in [-0.39, 0.29) is 30.1 Å². The molecule has 0 aromatic heterocycles. The molecule has 0 saturated carbocycles. The van der Waals surface area contributed by atoms with Crippen molar-refractivity contribution in [3.8, 4) is 5.75 Å². The fourth-order valence-corrected chi connectivity index (χ4v) is 4.11. The van der Waals surface area contributed by atoms with Gasteiger partial charge in [0.15, 0.2) is 0 Å². The number of halogens is 1. The molecular weight excluding hydrogens is 335 g/mol. The first-order chi connectivity index (χ1) is 12.4. The van der Waals surface area contributed by atoms with Crippen LogP contribution in [0, 0.1) is 17.2 Å². The van der Waals surface area contributed by atoms with Crippen LogP contribution in [0.25, 0.3) is 0 Å². The second-order valence-electron chi connectivity index (χ2n) is 7.73. The quantitative estimate of drug-likeness (QED) is 0.828. The average molecular weight is 362 g/mol. The Labute approximate surface area is 154 Å². The highest BCUT2D eigenvalue weighted by atomic mass is 19.1. The lowest BCUT2D eigenvalue weighted by Crippen LogP contribution is -2.50. The molecule has 142 valence electrons. The molecule has 0 unspecified atom stereocenters. The summed E-state index contributed by atoms with van der Waals surface area (Å²) in [7, 11) is 1.54. The Balaban J connectivity index is 1.76. The van der Waals surface area contributed by atoms with Crippen molar-refractivity contribution >= 4 is 11.8 Å². The number of hydrogen-bond acceptors (Lipinski definition) is 3. The van der Waals surface area contributed by atoms with Crippen LogP contribution >= 0.6 is 0 Å². The molecule has 26 heavy (non-hydrogen) atoms. The Kier molecular flexibility index (Phi) is 5.21. The maximum absolute atomic E-state index is 14.2. The van der Waals surface area contributed by atoms with Crippen molar-refractivity contribution in [2.75, 3.05) is 26.7 Å². The number of amides is 2. The van der Waals surface area contributed by atoms with Crippen LogP contribution in [0.5, 0.6) is 5.75 Å². The van der Waals surface area contributed by atoms with Gasteiger partial charge in [-0.25, -0.2) is 4.39 Å². The second-order valence-corrected chi connectivity index (χ2v) is 7.73. The van der Waals surface area contributed by atoms with Crippen molar-refractivity contribution in [3.05, 3.63) is 29.6 Å². The molecule has 2 aliphatic rings. The van der Waals surface area contributed by atoms with Crippen molar-refractivity contribution in [2.45, 2.75) is 39.7 Å². The van der Waals surface area contributed by atoms with Gasteiger partial charge in [0.25, 0.3) is 0 Å². The van der Waals surface area contributed by atoms with Crippen molar-refractivity contribution in [2.24, 2.45) is 11.3 Å². The zero-order valence-electron chi connectivity index (χ0n) is 15.8. The van der Waals surface area contributed by atoms with Gasteiger partial charge >= 0.3 is 0 Å². The predicted octanol–water partition coefficient (Wildman–Crippen LogP) is 2.83. The summed E-state index contributed by atoms with van der Waals surface area (Å²) in [6.45, 7) is 5.74. The molecular formula is C20H27FN2O3. The lowest BCUT2D eigenvalue weighted by molar-refractivity contribution is -0.147. The van der Waals surface area contributed by atoms with Gasteiger partial charge in [0.05, 0.1) is 12.5 Å². The highest BCUT2D eigenvalue weighted by Gasteiger charge is 2.49. The number of nitrogens with zero attached hydrogens (tertiary/aromatic N) is 2. The van der Waals surface area contributed by atoms with E-state index >= 15 is 0 Å². The van der Waals surface area contributed by atoms with Crippen LogP contribution in [0.15, 0.2) is 18.2 Å². The Bertz CT molecular complexity index is 706. The first-order valence-corrected chi connectivity index (χ1v) is 9.27. The van der Waals surface area contributed by atoms with E-state index in [9.17, 15) is 14.0 Å². The molecule has 2 amide bonds. The second kappa shape index (κ2) is 7.25. The van der Waals surface area contributed by atoms with E-state index in [1.165, 1.54) is 13.2 Å². The molecule has 1 aromatic rings. The van der Waals surface area contributed by atoms with E-state index < -0.39 is 5.41 Å². The van der Waals surface area contributed by atoms with Crippen molar-refractivity contribution in [1.29, 1.82) is 0 Å². The smallest absolute Gasteiger partial charge is 0.230 e. The van der Waals surface area contributed by atoms with Gasteiger partial charge < -0.3 is 14.5 Å². The number of rotatable bonds is 4. The van der Waals surface area contributed by atoms with Crippen LogP contribution in [0.2, 0.25) is 0 Å². The van der Waals surface area contributed by atoms with Crippen LogP contribution in [0.3, 0.4) is 0 Å². The fraction of sp³-hybridized carbons (Fsp3) is 0.600. The standard InChI is InChI=1S/C20H27FN2O3/c1-14(2)18(24)23-10-8-20(13-23)7-4-9-22(19(20)25)12-15-11-16(26-3)5-6-17(15)21/h5-6,11,14H,4,7-10,12-13H2,1-3H3/t20-/m1/s1. The summed E-state index contributed by atoms with van der Waals surface area (Å²) in [6, 6.07) is 4.59. The van der Waals surface area contributed by atoms with Crippen molar-refractivity contribution in [1.82, 2.24) is 9.80 Å². The van der Waals surface area contributed by atoms with Gasteiger partial charge in [-0.15, -0.1) is 0 Å². The first-order valence-electron chi connectivity index (χ1n) is 9.27. The molecule has 2 saturated heterocycles. The van der Waals surface area contributed by atoms with Crippen LogP contribution in [-0.4, -0.2) is 48.4 Å². The minimum atomic E-state index is -0.502. The molecule has 0 bridgehead atoms. The number of benzene rings is 1. The maximum Gasteiger partial charge on any atom is 0.230 e. The molecule has 0 N–H and O–H groups in total. The Hall–Kier alpha value is -2.11. The van der Waals surface area contributed by atoms with Crippen LogP contribution in [0.4, 0.5) is 4.39 Å². The minimum absolute atomic E-state index is 0.0463. The number of methoxy groups -OCH3 is 1. The molecule has 5 nitrogen and oxygen atoms in total. The Morgan fingerprint density at radius 3 is 2.77 bits per heavy atom. The highest BCUT2D eigenvalue weighted by molar-refractivity contribution is 5.86. The van der Waals surface area contributed by atoms with Crippen LogP contribution < -0.4 is 4.74 Å². The number of hydrogen-bond donors (Lipinski definition) is 0. The van der Waals surface area contributed by atoms with E-state index in [1.807, 2.05) is 18.7 Å². The van der Waals surface area contributed by atoms with Crippen molar-refractivity contribution < 1.29 is 18.7 Å². The molecule has 6 heteroatoms. The van der Waals surface area contributed by atoms with Gasteiger partial charge in [0.2, 0.25) is 11.8 Å². The zero-order chi connectivity index (χ0) is 18.9. The fourth-order valence-electron chi connectivity index (χ4n) is 4.11. The molecule has 2 fully saturated rings. The molecule has 1 atom stereocenters. The maximum atomic E-state index is 14.2. The van der Waals surface area contributed by atoms with Gasteiger partial charge in [0.1, 0.15) is 11.6 Å². The zero-order valence-corrected chi connectivity index (χ0v) is 15.8. The van der Waals surface area contributed by atoms with Gasteiger partial charge in [-0.05, 0) is 37.5 Å². The predicted molar refractivity (Wildman–Crippen MR) is 96.1 cm³/mol. The van der Waals surface area contributed by atoms with Crippen LogP contribution in [0.1, 0.15) is 38.7 Å². The van der Waals surface area contributed by atoms with E-state index in [0.717, 1.165) is 12.8 Å². The SMILES string of the molecule is COc1ccc(F)c(CN2CCC[C@]3(CCN(C(=O)C(C)C)C3)C2=O)c1. The number of ether oxygens (including phenoxy) is 1.